The Balaban J connectivity index is 2.11. The number of hydrogen-bond acceptors (Lipinski definition) is 2. The Morgan fingerprint density at radius 2 is 2.00 bits per heavy atom. The standard InChI is InChI=1S/C17H27NO/c1-11(2)15-7-5-12(3)9-17(15)19-14-6-8-16(18)13(4)10-14/h6,8,10-12,15,17H,5,7,9,18H2,1-4H3. The Labute approximate surface area is 117 Å². The average molecular weight is 261 g/mol. The third-order valence-electron chi connectivity index (χ3n) is 4.49. The van der Waals surface area contributed by atoms with Gasteiger partial charge in [-0.2, -0.15) is 0 Å². The van der Waals surface area contributed by atoms with Gasteiger partial charge in [0.2, 0.25) is 0 Å². The SMILES string of the molecule is Cc1cc(OC2CC(C)CCC2C(C)C)ccc1N. The predicted octanol–water partition coefficient (Wildman–Crippen LogP) is 4.42. The summed E-state index contributed by atoms with van der Waals surface area (Å²) in [5.74, 6) is 3.10. The molecule has 1 aliphatic carbocycles. The zero-order chi connectivity index (χ0) is 14.0. The molecule has 2 rings (SSSR count). The summed E-state index contributed by atoms with van der Waals surface area (Å²) in [6.45, 7) is 8.99. The van der Waals surface area contributed by atoms with Crippen LogP contribution in [0.5, 0.6) is 5.75 Å². The Hall–Kier alpha value is -1.18. The van der Waals surface area contributed by atoms with E-state index in [-0.39, 0.29) is 0 Å². The van der Waals surface area contributed by atoms with Gasteiger partial charge in [0.25, 0.3) is 0 Å². The maximum absolute atomic E-state index is 6.28. The number of anilines is 1. The van der Waals surface area contributed by atoms with E-state index in [4.69, 9.17) is 10.5 Å². The predicted molar refractivity (Wildman–Crippen MR) is 81.4 cm³/mol. The Morgan fingerprint density at radius 1 is 1.26 bits per heavy atom. The lowest BCUT2D eigenvalue weighted by Gasteiger charge is -2.37. The third-order valence-corrected chi connectivity index (χ3v) is 4.49. The van der Waals surface area contributed by atoms with Crippen LogP contribution in [0.15, 0.2) is 18.2 Å². The zero-order valence-electron chi connectivity index (χ0n) is 12.6. The molecule has 0 spiro atoms. The van der Waals surface area contributed by atoms with Crippen LogP contribution >= 0.6 is 0 Å². The summed E-state index contributed by atoms with van der Waals surface area (Å²) in [4.78, 5) is 0. The lowest BCUT2D eigenvalue weighted by Crippen LogP contribution is -2.36. The fourth-order valence-corrected chi connectivity index (χ4v) is 3.15. The molecular formula is C17H27NO. The van der Waals surface area contributed by atoms with Gasteiger partial charge in [-0.15, -0.1) is 0 Å². The lowest BCUT2D eigenvalue weighted by molar-refractivity contribution is 0.0460. The van der Waals surface area contributed by atoms with Crippen molar-refractivity contribution in [3.8, 4) is 5.75 Å². The summed E-state index contributed by atoms with van der Waals surface area (Å²) >= 11 is 0. The number of hydrogen-bond donors (Lipinski definition) is 1. The van der Waals surface area contributed by atoms with Gasteiger partial charge >= 0.3 is 0 Å². The highest BCUT2D eigenvalue weighted by molar-refractivity contribution is 5.49. The monoisotopic (exact) mass is 261 g/mol. The van der Waals surface area contributed by atoms with Crippen LogP contribution in [0.2, 0.25) is 0 Å². The summed E-state index contributed by atoms with van der Waals surface area (Å²) in [5.41, 5.74) is 7.80. The highest BCUT2D eigenvalue weighted by Crippen LogP contribution is 2.36. The summed E-state index contributed by atoms with van der Waals surface area (Å²) in [6.07, 6.45) is 4.15. The highest BCUT2D eigenvalue weighted by atomic mass is 16.5. The van der Waals surface area contributed by atoms with Crippen molar-refractivity contribution in [2.45, 2.75) is 53.1 Å². The van der Waals surface area contributed by atoms with Crippen molar-refractivity contribution in [3.63, 3.8) is 0 Å². The molecule has 3 unspecified atom stereocenters. The van der Waals surface area contributed by atoms with Crippen LogP contribution in [0.1, 0.15) is 45.6 Å². The topological polar surface area (TPSA) is 35.2 Å². The lowest BCUT2D eigenvalue weighted by atomic mass is 9.75. The van der Waals surface area contributed by atoms with Crippen LogP contribution in [-0.2, 0) is 0 Å². The smallest absolute Gasteiger partial charge is 0.120 e. The van der Waals surface area contributed by atoms with E-state index in [0.29, 0.717) is 17.9 Å². The maximum atomic E-state index is 6.28. The number of ether oxygens (including phenoxy) is 1. The molecule has 2 N–H and O–H groups in total. The van der Waals surface area contributed by atoms with Gasteiger partial charge in [0.1, 0.15) is 11.9 Å². The molecule has 1 saturated carbocycles. The van der Waals surface area contributed by atoms with E-state index in [9.17, 15) is 0 Å². The molecule has 0 radical (unpaired) electrons. The molecule has 0 bridgehead atoms. The summed E-state index contributed by atoms with van der Waals surface area (Å²) in [6, 6.07) is 6.01. The van der Waals surface area contributed by atoms with Crippen molar-refractivity contribution in [3.05, 3.63) is 23.8 Å². The highest BCUT2D eigenvalue weighted by Gasteiger charge is 2.32. The minimum atomic E-state index is 0.353. The maximum Gasteiger partial charge on any atom is 0.120 e. The zero-order valence-corrected chi connectivity index (χ0v) is 12.6. The van der Waals surface area contributed by atoms with Crippen LogP contribution < -0.4 is 10.5 Å². The molecule has 2 nitrogen and oxygen atoms in total. The Morgan fingerprint density at radius 3 is 2.63 bits per heavy atom. The van der Waals surface area contributed by atoms with E-state index in [2.05, 4.69) is 26.8 Å². The first kappa shape index (κ1) is 14.2. The van der Waals surface area contributed by atoms with Gasteiger partial charge in [0.05, 0.1) is 0 Å². The van der Waals surface area contributed by atoms with E-state index >= 15 is 0 Å². The molecule has 1 aromatic carbocycles. The largest absolute Gasteiger partial charge is 0.490 e. The van der Waals surface area contributed by atoms with Crippen LogP contribution in [-0.4, -0.2) is 6.10 Å². The molecule has 0 saturated heterocycles. The molecule has 0 amide bonds. The first-order chi connectivity index (χ1) is 8.97. The molecule has 106 valence electrons. The van der Waals surface area contributed by atoms with Crippen molar-refractivity contribution >= 4 is 5.69 Å². The second-order valence-electron chi connectivity index (χ2n) is 6.50. The third kappa shape index (κ3) is 3.43. The van der Waals surface area contributed by atoms with Crippen molar-refractivity contribution in [2.75, 3.05) is 5.73 Å². The van der Waals surface area contributed by atoms with E-state index < -0.39 is 0 Å². The van der Waals surface area contributed by atoms with Crippen LogP contribution in [0, 0.1) is 24.7 Å². The van der Waals surface area contributed by atoms with Gasteiger partial charge < -0.3 is 10.5 Å². The fourth-order valence-electron chi connectivity index (χ4n) is 3.15. The minimum absolute atomic E-state index is 0.353. The first-order valence-corrected chi connectivity index (χ1v) is 7.50. The van der Waals surface area contributed by atoms with E-state index in [1.807, 2.05) is 19.1 Å². The molecule has 1 aromatic rings. The number of aryl methyl sites for hydroxylation is 1. The molecule has 19 heavy (non-hydrogen) atoms. The summed E-state index contributed by atoms with van der Waals surface area (Å²) in [7, 11) is 0. The van der Waals surface area contributed by atoms with Crippen LogP contribution in [0.25, 0.3) is 0 Å². The van der Waals surface area contributed by atoms with Gasteiger partial charge in [0, 0.05) is 5.69 Å². The average Bonchev–Trinajstić information content (AvgIpc) is 2.33. The summed E-state index contributed by atoms with van der Waals surface area (Å²) < 4.78 is 6.28. The number of rotatable bonds is 3. The molecule has 0 aliphatic heterocycles. The molecule has 0 aromatic heterocycles. The summed E-state index contributed by atoms with van der Waals surface area (Å²) in [5, 5.41) is 0. The van der Waals surface area contributed by atoms with Crippen LogP contribution in [0.4, 0.5) is 5.69 Å². The second kappa shape index (κ2) is 5.85. The number of nitrogens with two attached hydrogens (primary N) is 1. The first-order valence-electron chi connectivity index (χ1n) is 7.50. The van der Waals surface area contributed by atoms with E-state index in [0.717, 1.165) is 22.9 Å². The van der Waals surface area contributed by atoms with Gasteiger partial charge in [-0.05, 0) is 61.3 Å². The van der Waals surface area contributed by atoms with Crippen LogP contribution in [0.3, 0.4) is 0 Å². The fraction of sp³-hybridized carbons (Fsp3) is 0.647. The van der Waals surface area contributed by atoms with E-state index in [1.165, 1.54) is 19.3 Å². The molecule has 0 heterocycles. The van der Waals surface area contributed by atoms with Crippen molar-refractivity contribution < 1.29 is 4.74 Å². The minimum Gasteiger partial charge on any atom is -0.490 e. The Kier molecular flexibility index (Phi) is 4.38. The molecule has 1 fully saturated rings. The van der Waals surface area contributed by atoms with Crippen molar-refractivity contribution in [1.29, 1.82) is 0 Å². The number of nitrogen functional groups attached to an aromatic ring is 1. The van der Waals surface area contributed by atoms with E-state index in [1.54, 1.807) is 0 Å². The van der Waals surface area contributed by atoms with Crippen molar-refractivity contribution in [1.82, 2.24) is 0 Å². The molecule has 1 aliphatic rings. The Bertz CT molecular complexity index is 427. The molecule has 3 atom stereocenters. The molecular weight excluding hydrogens is 234 g/mol. The quantitative estimate of drug-likeness (QED) is 0.818. The number of benzene rings is 1. The second-order valence-corrected chi connectivity index (χ2v) is 6.50. The van der Waals surface area contributed by atoms with Gasteiger partial charge in [0.15, 0.2) is 0 Å². The van der Waals surface area contributed by atoms with Gasteiger partial charge in [-0.1, -0.05) is 27.2 Å². The van der Waals surface area contributed by atoms with Gasteiger partial charge in [-0.3, -0.25) is 0 Å². The molecule has 2 heteroatoms. The normalized spacial score (nSPS) is 27.5. The van der Waals surface area contributed by atoms with Gasteiger partial charge in [-0.25, -0.2) is 0 Å². The van der Waals surface area contributed by atoms with Crippen molar-refractivity contribution in [2.24, 2.45) is 17.8 Å².